The van der Waals surface area contributed by atoms with Gasteiger partial charge in [0.25, 0.3) is 0 Å². The molecule has 10 nitrogen and oxygen atoms in total. The molecule has 0 unspecified atom stereocenters. The fraction of sp³-hybridized carbons (Fsp3) is 0. The van der Waals surface area contributed by atoms with Gasteiger partial charge in [0.2, 0.25) is 11.9 Å². The highest BCUT2D eigenvalue weighted by Gasteiger charge is 2.19. The zero-order valence-electron chi connectivity index (χ0n) is 9.25. The van der Waals surface area contributed by atoms with Crippen LogP contribution in [0.25, 0.3) is 11.1 Å². The highest BCUT2D eigenvalue weighted by atomic mass is 15.1. The fourth-order valence-corrected chi connectivity index (χ4v) is 1.54. The van der Waals surface area contributed by atoms with Gasteiger partial charge in [0.05, 0.1) is 11.1 Å². The highest BCUT2D eigenvalue weighted by Crippen LogP contribution is 2.36. The SMILES string of the molecule is Nc1nc(N)c(-c2c(N)nc(N)nc2N)c(N)n1. The number of rotatable bonds is 1. The second-order valence-electron chi connectivity index (χ2n) is 3.45. The highest BCUT2D eigenvalue weighted by molar-refractivity contribution is 5.93. The molecule has 2 heterocycles. The third kappa shape index (κ3) is 1.71. The molecule has 2 rings (SSSR count). The maximum absolute atomic E-state index is 5.72. The van der Waals surface area contributed by atoms with E-state index in [9.17, 15) is 0 Å². The minimum Gasteiger partial charge on any atom is -0.383 e. The Labute approximate surface area is 101 Å². The van der Waals surface area contributed by atoms with Gasteiger partial charge in [0, 0.05) is 0 Å². The summed E-state index contributed by atoms with van der Waals surface area (Å²) in [4.78, 5) is 15.1. The average Bonchev–Trinajstić information content (AvgIpc) is 2.20. The summed E-state index contributed by atoms with van der Waals surface area (Å²) in [7, 11) is 0. The first-order valence-electron chi connectivity index (χ1n) is 4.77. The maximum Gasteiger partial charge on any atom is 0.223 e. The Balaban J connectivity index is 2.78. The topological polar surface area (TPSA) is 208 Å². The molecule has 0 aliphatic carbocycles. The fourth-order valence-electron chi connectivity index (χ4n) is 1.54. The number of nitrogens with two attached hydrogens (primary N) is 6. The number of anilines is 6. The van der Waals surface area contributed by atoms with Crippen LogP contribution in [0.15, 0.2) is 0 Å². The Kier molecular flexibility index (Phi) is 2.39. The van der Waals surface area contributed by atoms with E-state index in [0.717, 1.165) is 0 Å². The molecule has 2 aromatic heterocycles. The van der Waals surface area contributed by atoms with Crippen molar-refractivity contribution < 1.29 is 0 Å². The van der Waals surface area contributed by atoms with Crippen molar-refractivity contribution in [3.05, 3.63) is 0 Å². The van der Waals surface area contributed by atoms with E-state index in [1.54, 1.807) is 0 Å². The summed E-state index contributed by atoms with van der Waals surface area (Å²) in [6.07, 6.45) is 0. The summed E-state index contributed by atoms with van der Waals surface area (Å²) >= 11 is 0. The Hall–Kier alpha value is -3.04. The maximum atomic E-state index is 5.72. The van der Waals surface area contributed by atoms with Gasteiger partial charge in [0.15, 0.2) is 0 Å². The Morgan fingerprint density at radius 1 is 0.444 bits per heavy atom. The Morgan fingerprint density at radius 2 is 0.667 bits per heavy atom. The lowest BCUT2D eigenvalue weighted by molar-refractivity contribution is 1.18. The van der Waals surface area contributed by atoms with E-state index < -0.39 is 0 Å². The third-order valence-corrected chi connectivity index (χ3v) is 2.21. The van der Waals surface area contributed by atoms with Crippen LogP contribution in [0.4, 0.5) is 35.2 Å². The molecule has 2 aromatic rings. The molecule has 0 radical (unpaired) electrons. The van der Waals surface area contributed by atoms with Crippen LogP contribution in [0, 0.1) is 0 Å². The molecule has 0 aliphatic heterocycles. The lowest BCUT2D eigenvalue weighted by Crippen LogP contribution is -2.11. The molecular weight excluding hydrogens is 236 g/mol. The summed E-state index contributed by atoms with van der Waals surface area (Å²) in [5, 5.41) is 0. The van der Waals surface area contributed by atoms with Gasteiger partial charge >= 0.3 is 0 Å². The van der Waals surface area contributed by atoms with Gasteiger partial charge in [-0.2, -0.15) is 19.9 Å². The van der Waals surface area contributed by atoms with Crippen molar-refractivity contribution in [2.45, 2.75) is 0 Å². The van der Waals surface area contributed by atoms with Crippen LogP contribution in [0.3, 0.4) is 0 Å². The molecule has 0 bridgehead atoms. The predicted molar refractivity (Wildman–Crippen MR) is 69.5 cm³/mol. The van der Waals surface area contributed by atoms with Gasteiger partial charge in [0.1, 0.15) is 23.3 Å². The second kappa shape index (κ2) is 3.76. The molecule has 12 N–H and O–H groups in total. The molecule has 18 heavy (non-hydrogen) atoms. The first-order chi connectivity index (χ1) is 8.40. The zero-order chi connectivity index (χ0) is 13.4. The quantitative estimate of drug-likeness (QED) is 0.341. The first-order valence-corrected chi connectivity index (χ1v) is 4.77. The molecule has 0 saturated heterocycles. The van der Waals surface area contributed by atoms with Crippen LogP contribution in [0.2, 0.25) is 0 Å². The molecule has 10 heteroatoms. The molecule has 0 fully saturated rings. The number of nitrogens with zero attached hydrogens (tertiary/aromatic N) is 4. The molecule has 0 spiro atoms. The molecule has 0 atom stereocenters. The van der Waals surface area contributed by atoms with E-state index in [2.05, 4.69) is 19.9 Å². The van der Waals surface area contributed by atoms with E-state index in [-0.39, 0.29) is 46.3 Å². The van der Waals surface area contributed by atoms with Gasteiger partial charge in [-0.05, 0) is 0 Å². The Morgan fingerprint density at radius 3 is 0.889 bits per heavy atom. The van der Waals surface area contributed by atoms with Crippen molar-refractivity contribution in [1.29, 1.82) is 0 Å². The molecule has 0 aliphatic rings. The van der Waals surface area contributed by atoms with Crippen LogP contribution in [-0.4, -0.2) is 19.9 Å². The van der Waals surface area contributed by atoms with E-state index in [1.165, 1.54) is 0 Å². The summed E-state index contributed by atoms with van der Waals surface area (Å²) in [5.41, 5.74) is 34.2. The van der Waals surface area contributed by atoms with Gasteiger partial charge < -0.3 is 34.4 Å². The molecule has 0 aromatic carbocycles. The number of nitrogen functional groups attached to an aromatic ring is 6. The van der Waals surface area contributed by atoms with E-state index in [0.29, 0.717) is 0 Å². The van der Waals surface area contributed by atoms with Crippen LogP contribution < -0.4 is 34.4 Å². The normalized spacial score (nSPS) is 10.4. The van der Waals surface area contributed by atoms with Crippen molar-refractivity contribution >= 4 is 35.2 Å². The largest absolute Gasteiger partial charge is 0.383 e. The predicted octanol–water partition coefficient (Wildman–Crippen LogP) is -1.57. The van der Waals surface area contributed by atoms with Crippen molar-refractivity contribution in [3.8, 4) is 11.1 Å². The lowest BCUT2D eigenvalue weighted by atomic mass is 10.1. The summed E-state index contributed by atoms with van der Waals surface area (Å²) in [5.74, 6) is 0.0293. The molecule has 0 saturated carbocycles. The smallest absolute Gasteiger partial charge is 0.223 e. The van der Waals surface area contributed by atoms with Gasteiger partial charge in [-0.15, -0.1) is 0 Å². The summed E-state index contributed by atoms with van der Waals surface area (Å²) in [6, 6.07) is 0. The number of hydrogen-bond donors (Lipinski definition) is 6. The number of hydrogen-bond acceptors (Lipinski definition) is 10. The van der Waals surface area contributed by atoms with E-state index in [4.69, 9.17) is 34.4 Å². The van der Waals surface area contributed by atoms with Crippen molar-refractivity contribution in [3.63, 3.8) is 0 Å². The average molecular weight is 248 g/mol. The van der Waals surface area contributed by atoms with Crippen molar-refractivity contribution in [2.24, 2.45) is 0 Å². The van der Waals surface area contributed by atoms with Crippen LogP contribution in [0.5, 0.6) is 0 Å². The lowest BCUT2D eigenvalue weighted by Gasteiger charge is -2.12. The van der Waals surface area contributed by atoms with Gasteiger partial charge in [-0.3, -0.25) is 0 Å². The van der Waals surface area contributed by atoms with E-state index in [1.807, 2.05) is 0 Å². The second-order valence-corrected chi connectivity index (χ2v) is 3.45. The van der Waals surface area contributed by atoms with E-state index >= 15 is 0 Å². The van der Waals surface area contributed by atoms with Crippen molar-refractivity contribution in [2.75, 3.05) is 34.4 Å². The molecular formula is C8H12N10. The standard InChI is InChI=1S/C8H12N10/c9-3-1(4(10)16-7(13)15-3)2-5(11)17-8(14)18-6(2)12/h(H6,9,10,13,15,16)(H6,11,12,14,17,18). The molecule has 94 valence electrons. The summed E-state index contributed by atoms with van der Waals surface area (Å²) < 4.78 is 0. The minimum absolute atomic E-state index is 0.0340. The third-order valence-electron chi connectivity index (χ3n) is 2.21. The summed E-state index contributed by atoms with van der Waals surface area (Å²) in [6.45, 7) is 0. The van der Waals surface area contributed by atoms with Crippen LogP contribution in [0.1, 0.15) is 0 Å². The number of aromatic nitrogens is 4. The first kappa shape index (κ1) is 11.4. The van der Waals surface area contributed by atoms with Gasteiger partial charge in [-0.1, -0.05) is 0 Å². The van der Waals surface area contributed by atoms with Crippen LogP contribution >= 0.6 is 0 Å². The monoisotopic (exact) mass is 248 g/mol. The van der Waals surface area contributed by atoms with Crippen molar-refractivity contribution in [1.82, 2.24) is 19.9 Å². The Bertz CT molecular complexity index is 520. The van der Waals surface area contributed by atoms with Gasteiger partial charge in [-0.25, -0.2) is 0 Å². The van der Waals surface area contributed by atoms with Crippen LogP contribution in [-0.2, 0) is 0 Å². The molecule has 0 amide bonds. The minimum atomic E-state index is -0.0535. The zero-order valence-corrected chi connectivity index (χ0v) is 9.25.